The van der Waals surface area contributed by atoms with Crippen molar-refractivity contribution in [2.45, 2.75) is 19.9 Å². The molecule has 0 aliphatic rings. The van der Waals surface area contributed by atoms with Gasteiger partial charge in [-0.25, -0.2) is 9.37 Å². The van der Waals surface area contributed by atoms with Crippen LogP contribution >= 0.6 is 0 Å². The van der Waals surface area contributed by atoms with Crippen molar-refractivity contribution in [2.24, 2.45) is 7.05 Å². The van der Waals surface area contributed by atoms with E-state index in [1.807, 2.05) is 36.0 Å². The first-order valence-electron chi connectivity index (χ1n) is 9.86. The van der Waals surface area contributed by atoms with Gasteiger partial charge in [0.1, 0.15) is 11.6 Å². The Morgan fingerprint density at radius 3 is 2.73 bits per heavy atom. The van der Waals surface area contributed by atoms with Gasteiger partial charge in [0.15, 0.2) is 0 Å². The van der Waals surface area contributed by atoms with Crippen LogP contribution in [0, 0.1) is 12.7 Å². The molecule has 0 atom stereocenters. The molecule has 2 aromatic heterocycles. The molecule has 154 valence electrons. The number of benzene rings is 2. The molecule has 0 bridgehead atoms. The summed E-state index contributed by atoms with van der Waals surface area (Å²) in [5, 5.41) is 7.42. The minimum atomic E-state index is -0.364. The average Bonchev–Trinajstić information content (AvgIpc) is 3.28. The first kappa shape index (κ1) is 19.8. The molecular weight excluding hydrogens is 381 g/mol. The van der Waals surface area contributed by atoms with E-state index in [2.05, 4.69) is 27.5 Å². The Balaban J connectivity index is 1.45. The summed E-state index contributed by atoms with van der Waals surface area (Å²) >= 11 is 0. The molecule has 2 heterocycles. The molecule has 1 amide bonds. The Hall–Kier alpha value is -3.45. The van der Waals surface area contributed by atoms with E-state index in [4.69, 9.17) is 0 Å². The summed E-state index contributed by atoms with van der Waals surface area (Å²) in [6, 6.07) is 11.3. The fourth-order valence-electron chi connectivity index (χ4n) is 3.57. The van der Waals surface area contributed by atoms with Crippen molar-refractivity contribution >= 4 is 22.5 Å². The van der Waals surface area contributed by atoms with Gasteiger partial charge in [0.2, 0.25) is 0 Å². The van der Waals surface area contributed by atoms with Gasteiger partial charge in [0.05, 0.1) is 6.54 Å². The number of hydrogen-bond donors (Lipinski definition) is 3. The van der Waals surface area contributed by atoms with Gasteiger partial charge in [-0.05, 0) is 67.9 Å². The van der Waals surface area contributed by atoms with Gasteiger partial charge < -0.3 is 20.2 Å². The summed E-state index contributed by atoms with van der Waals surface area (Å²) in [5.41, 5.74) is 4.49. The molecule has 2 aromatic carbocycles. The molecule has 0 unspecified atom stereocenters. The number of nitrogens with zero attached hydrogens (tertiary/aromatic N) is 2. The first-order chi connectivity index (χ1) is 14.5. The molecule has 0 fully saturated rings. The Labute approximate surface area is 174 Å². The lowest BCUT2D eigenvalue weighted by atomic mass is 10.1. The van der Waals surface area contributed by atoms with Crippen molar-refractivity contribution in [3.05, 3.63) is 83.3 Å². The van der Waals surface area contributed by atoms with E-state index in [0.29, 0.717) is 17.8 Å². The Morgan fingerprint density at radius 1 is 1.20 bits per heavy atom. The maximum atomic E-state index is 13.1. The molecule has 0 saturated heterocycles. The van der Waals surface area contributed by atoms with E-state index >= 15 is 0 Å². The summed E-state index contributed by atoms with van der Waals surface area (Å²) < 4.78 is 15.1. The molecule has 0 spiro atoms. The number of nitrogens with one attached hydrogen (secondary N) is 3. The molecule has 3 N–H and O–H groups in total. The molecule has 7 heteroatoms. The highest BCUT2D eigenvalue weighted by Crippen LogP contribution is 2.26. The number of hydrogen-bond acceptors (Lipinski definition) is 3. The minimum Gasteiger partial charge on any atom is -0.358 e. The molecule has 0 aliphatic heterocycles. The number of aromatic nitrogens is 3. The van der Waals surface area contributed by atoms with Gasteiger partial charge in [-0.1, -0.05) is 0 Å². The predicted molar refractivity (Wildman–Crippen MR) is 116 cm³/mol. The largest absolute Gasteiger partial charge is 0.358 e. The first-order valence-corrected chi connectivity index (χ1v) is 9.86. The smallest absolute Gasteiger partial charge is 0.255 e. The van der Waals surface area contributed by atoms with Crippen LogP contribution < -0.4 is 10.6 Å². The number of aromatic amines is 1. The second-order valence-corrected chi connectivity index (χ2v) is 7.33. The van der Waals surface area contributed by atoms with Crippen LogP contribution in [0.4, 0.5) is 10.1 Å². The van der Waals surface area contributed by atoms with Gasteiger partial charge in [0.25, 0.3) is 5.91 Å². The van der Waals surface area contributed by atoms with Crippen molar-refractivity contribution in [1.29, 1.82) is 0 Å². The highest BCUT2D eigenvalue weighted by Gasteiger charge is 2.11. The SMILES string of the molecule is Cc1[nH]c2ccc(NC(=O)c3ccc(F)cc3)cc2c1CCNCc1nccn1C. The standard InChI is InChI=1S/C23H24FN5O/c1-15-19(9-10-25-14-22-26-11-12-29(22)2)20-13-18(7-8-21(20)27-15)28-23(30)16-3-5-17(24)6-4-16/h3-8,11-13,25,27H,9-10,14H2,1-2H3,(H,28,30). The minimum absolute atomic E-state index is 0.264. The third-order valence-corrected chi connectivity index (χ3v) is 5.24. The summed E-state index contributed by atoms with van der Waals surface area (Å²) in [5.74, 6) is 0.369. The zero-order valence-electron chi connectivity index (χ0n) is 17.0. The molecule has 4 rings (SSSR count). The van der Waals surface area contributed by atoms with E-state index in [0.717, 1.165) is 35.4 Å². The van der Waals surface area contributed by atoms with Gasteiger partial charge in [-0.15, -0.1) is 0 Å². The monoisotopic (exact) mass is 405 g/mol. The van der Waals surface area contributed by atoms with Crippen molar-refractivity contribution in [1.82, 2.24) is 19.9 Å². The molecule has 0 radical (unpaired) electrons. The van der Waals surface area contributed by atoms with Crippen LogP contribution in [-0.2, 0) is 20.0 Å². The second kappa shape index (κ2) is 8.51. The number of rotatable bonds is 7. The van der Waals surface area contributed by atoms with Gasteiger partial charge >= 0.3 is 0 Å². The van der Waals surface area contributed by atoms with Crippen LogP contribution in [0.3, 0.4) is 0 Å². The molecule has 0 saturated carbocycles. The zero-order chi connectivity index (χ0) is 21.1. The van der Waals surface area contributed by atoms with Crippen molar-refractivity contribution in [2.75, 3.05) is 11.9 Å². The lowest BCUT2D eigenvalue weighted by Gasteiger charge is -2.08. The van der Waals surface area contributed by atoms with Crippen molar-refractivity contribution < 1.29 is 9.18 Å². The van der Waals surface area contributed by atoms with E-state index in [9.17, 15) is 9.18 Å². The van der Waals surface area contributed by atoms with Crippen LogP contribution in [0.15, 0.2) is 54.9 Å². The Kier molecular flexibility index (Phi) is 5.63. The summed E-state index contributed by atoms with van der Waals surface area (Å²) in [6.45, 7) is 3.58. The molecule has 6 nitrogen and oxygen atoms in total. The number of carbonyl (C=O) groups excluding carboxylic acids is 1. The number of amides is 1. The highest BCUT2D eigenvalue weighted by molar-refractivity contribution is 6.05. The average molecular weight is 405 g/mol. The van der Waals surface area contributed by atoms with Crippen LogP contribution in [0.1, 0.15) is 27.4 Å². The lowest BCUT2D eigenvalue weighted by molar-refractivity contribution is 0.102. The molecule has 4 aromatic rings. The molecular formula is C23H24FN5O. The van der Waals surface area contributed by atoms with Crippen LogP contribution in [0.5, 0.6) is 0 Å². The van der Waals surface area contributed by atoms with E-state index < -0.39 is 0 Å². The maximum Gasteiger partial charge on any atom is 0.255 e. The van der Waals surface area contributed by atoms with Crippen LogP contribution in [0.25, 0.3) is 10.9 Å². The topological polar surface area (TPSA) is 74.7 Å². The summed E-state index contributed by atoms with van der Waals surface area (Å²) in [4.78, 5) is 20.2. The van der Waals surface area contributed by atoms with E-state index in [1.54, 1.807) is 6.20 Å². The fraction of sp³-hybridized carbons (Fsp3) is 0.217. The number of halogens is 1. The maximum absolute atomic E-state index is 13.1. The van der Waals surface area contributed by atoms with Gasteiger partial charge in [-0.2, -0.15) is 0 Å². The van der Waals surface area contributed by atoms with E-state index in [-0.39, 0.29) is 11.7 Å². The third kappa shape index (κ3) is 4.26. The van der Waals surface area contributed by atoms with Crippen LogP contribution in [0.2, 0.25) is 0 Å². The Bertz CT molecular complexity index is 1180. The third-order valence-electron chi connectivity index (χ3n) is 5.24. The quantitative estimate of drug-likeness (QED) is 0.408. The summed E-state index contributed by atoms with van der Waals surface area (Å²) in [7, 11) is 1.98. The predicted octanol–water partition coefficient (Wildman–Crippen LogP) is 3.93. The molecule has 30 heavy (non-hydrogen) atoms. The Morgan fingerprint density at radius 2 is 2.00 bits per heavy atom. The number of anilines is 1. The number of fused-ring (bicyclic) bond motifs is 1. The van der Waals surface area contributed by atoms with Gasteiger partial charge in [-0.3, -0.25) is 4.79 Å². The van der Waals surface area contributed by atoms with E-state index in [1.165, 1.54) is 29.8 Å². The van der Waals surface area contributed by atoms with Crippen molar-refractivity contribution in [3.63, 3.8) is 0 Å². The van der Waals surface area contributed by atoms with Crippen LogP contribution in [-0.4, -0.2) is 27.0 Å². The lowest BCUT2D eigenvalue weighted by Crippen LogP contribution is -2.19. The second-order valence-electron chi connectivity index (χ2n) is 7.33. The van der Waals surface area contributed by atoms with Gasteiger partial charge in [0, 0.05) is 47.3 Å². The number of aryl methyl sites for hydroxylation is 2. The van der Waals surface area contributed by atoms with Crippen molar-refractivity contribution in [3.8, 4) is 0 Å². The number of carbonyl (C=O) groups is 1. The zero-order valence-corrected chi connectivity index (χ0v) is 17.0. The highest BCUT2D eigenvalue weighted by atomic mass is 19.1. The normalized spacial score (nSPS) is 11.2. The number of imidazole rings is 1. The number of H-pyrrole nitrogens is 1. The molecule has 0 aliphatic carbocycles. The summed E-state index contributed by atoms with van der Waals surface area (Å²) in [6.07, 6.45) is 4.58. The fourth-order valence-corrected chi connectivity index (χ4v) is 3.57.